The van der Waals surface area contributed by atoms with Crippen molar-refractivity contribution in [3.8, 4) is 0 Å². The molecule has 98 valence electrons. The molecule has 6 heteroatoms. The first-order valence-electron chi connectivity index (χ1n) is 6.38. The molecule has 0 bridgehead atoms. The van der Waals surface area contributed by atoms with Gasteiger partial charge in [-0.15, -0.1) is 0 Å². The SMILES string of the molecule is Bc1ncc([C@@H]2CCCN2C(=O)OC(C)(C)C)[nH]1. The second kappa shape index (κ2) is 4.67. The number of amides is 1. The molecule has 1 aliphatic heterocycles. The average molecular weight is 249 g/mol. The van der Waals surface area contributed by atoms with E-state index in [1.165, 1.54) is 0 Å². The lowest BCUT2D eigenvalue weighted by molar-refractivity contribution is 0.0222. The molecule has 1 aromatic rings. The minimum Gasteiger partial charge on any atom is -0.444 e. The van der Waals surface area contributed by atoms with Crippen molar-refractivity contribution in [2.45, 2.75) is 45.3 Å². The number of rotatable bonds is 1. The van der Waals surface area contributed by atoms with Gasteiger partial charge in [0.1, 0.15) is 5.60 Å². The molecule has 1 atom stereocenters. The van der Waals surface area contributed by atoms with Crippen LogP contribution in [0.15, 0.2) is 6.20 Å². The number of hydrogen-bond acceptors (Lipinski definition) is 3. The van der Waals surface area contributed by atoms with E-state index < -0.39 is 5.60 Å². The largest absolute Gasteiger partial charge is 0.444 e. The van der Waals surface area contributed by atoms with E-state index in [0.29, 0.717) is 0 Å². The molecule has 18 heavy (non-hydrogen) atoms. The summed E-state index contributed by atoms with van der Waals surface area (Å²) in [5.41, 5.74) is 1.42. The minimum absolute atomic E-state index is 0.0704. The Hall–Kier alpha value is -1.46. The molecule has 1 fully saturated rings. The van der Waals surface area contributed by atoms with Crippen LogP contribution in [-0.2, 0) is 4.74 Å². The standard InChI is InChI=1S/C12H20BN3O2/c1-12(2,3)18-11(17)16-6-4-5-9(16)8-7-14-10(13)15-8/h7,9H,4-6,13H2,1-3H3,(H,14,15)/t9-/m0/s1. The molecule has 2 rings (SSSR count). The molecule has 0 saturated carbocycles. The van der Waals surface area contributed by atoms with Gasteiger partial charge in [0.15, 0.2) is 7.85 Å². The highest BCUT2D eigenvalue weighted by Crippen LogP contribution is 2.31. The number of nitrogens with one attached hydrogen (secondary N) is 1. The molecule has 2 heterocycles. The van der Waals surface area contributed by atoms with E-state index in [-0.39, 0.29) is 12.1 Å². The normalized spacial score (nSPS) is 20.2. The molecule has 0 radical (unpaired) electrons. The molecular formula is C12H20BN3O2. The first-order valence-corrected chi connectivity index (χ1v) is 6.38. The number of H-pyrrole nitrogens is 1. The summed E-state index contributed by atoms with van der Waals surface area (Å²) < 4.78 is 5.43. The summed E-state index contributed by atoms with van der Waals surface area (Å²) >= 11 is 0. The molecule has 0 spiro atoms. The quantitative estimate of drug-likeness (QED) is 0.747. The first-order chi connectivity index (χ1) is 8.37. The Bertz CT molecular complexity index is 439. The molecule has 1 amide bonds. The third-order valence-electron chi connectivity index (χ3n) is 2.96. The zero-order valence-electron chi connectivity index (χ0n) is 11.5. The maximum atomic E-state index is 12.1. The third kappa shape index (κ3) is 2.86. The summed E-state index contributed by atoms with van der Waals surface area (Å²) in [6.07, 6.45) is 3.53. The Morgan fingerprint density at radius 3 is 2.89 bits per heavy atom. The minimum atomic E-state index is -0.450. The molecule has 5 nitrogen and oxygen atoms in total. The fraction of sp³-hybridized carbons (Fsp3) is 0.667. The van der Waals surface area contributed by atoms with Gasteiger partial charge >= 0.3 is 6.09 Å². The highest BCUT2D eigenvalue weighted by molar-refractivity contribution is 6.29. The van der Waals surface area contributed by atoms with Crippen LogP contribution in [0.25, 0.3) is 0 Å². The fourth-order valence-corrected chi connectivity index (χ4v) is 2.24. The van der Waals surface area contributed by atoms with Crippen molar-refractivity contribution in [2.75, 3.05) is 6.54 Å². The summed E-state index contributed by atoms with van der Waals surface area (Å²) in [6.45, 7) is 6.40. The second-order valence-corrected chi connectivity index (χ2v) is 5.76. The Labute approximate surface area is 108 Å². The van der Waals surface area contributed by atoms with E-state index in [4.69, 9.17) is 4.74 Å². The summed E-state index contributed by atoms with van der Waals surface area (Å²) in [5, 5.41) is 0. The van der Waals surface area contributed by atoms with Crippen LogP contribution >= 0.6 is 0 Å². The van der Waals surface area contributed by atoms with E-state index in [0.717, 1.165) is 30.8 Å². The maximum absolute atomic E-state index is 12.1. The van der Waals surface area contributed by atoms with E-state index >= 15 is 0 Å². The molecule has 0 aliphatic carbocycles. The molecule has 1 aromatic heterocycles. The van der Waals surface area contributed by atoms with E-state index in [1.807, 2.05) is 34.8 Å². The predicted molar refractivity (Wildman–Crippen MR) is 71.7 cm³/mol. The van der Waals surface area contributed by atoms with Gasteiger partial charge in [0, 0.05) is 12.7 Å². The van der Waals surface area contributed by atoms with Crippen LogP contribution < -0.4 is 5.72 Å². The van der Waals surface area contributed by atoms with Crippen LogP contribution in [-0.4, -0.2) is 41.0 Å². The van der Waals surface area contributed by atoms with Crippen molar-refractivity contribution in [3.05, 3.63) is 11.9 Å². The Morgan fingerprint density at radius 1 is 1.61 bits per heavy atom. The topological polar surface area (TPSA) is 58.2 Å². The lowest BCUT2D eigenvalue weighted by Crippen LogP contribution is -2.36. The summed E-state index contributed by atoms with van der Waals surface area (Å²) in [6, 6.07) is 0.0704. The van der Waals surface area contributed by atoms with E-state index in [1.54, 1.807) is 4.90 Å². The van der Waals surface area contributed by atoms with Crippen LogP contribution in [0.1, 0.15) is 45.3 Å². The number of ether oxygens (including phenoxy) is 1. The number of imidazole rings is 1. The number of hydrogen-bond donors (Lipinski definition) is 1. The molecule has 0 unspecified atom stereocenters. The van der Waals surface area contributed by atoms with E-state index in [9.17, 15) is 4.79 Å². The van der Waals surface area contributed by atoms with Gasteiger partial charge in [-0.3, -0.25) is 9.88 Å². The van der Waals surface area contributed by atoms with Crippen molar-refractivity contribution < 1.29 is 9.53 Å². The summed E-state index contributed by atoms with van der Waals surface area (Å²) in [4.78, 5) is 21.3. The zero-order chi connectivity index (χ0) is 13.3. The number of aromatic nitrogens is 2. The molecular weight excluding hydrogens is 229 g/mol. The highest BCUT2D eigenvalue weighted by atomic mass is 16.6. The number of carbonyl (C=O) groups is 1. The van der Waals surface area contributed by atoms with Crippen LogP contribution in [0.4, 0.5) is 4.79 Å². The van der Waals surface area contributed by atoms with Crippen molar-refractivity contribution in [1.29, 1.82) is 0 Å². The van der Waals surface area contributed by atoms with Gasteiger partial charge in [-0.1, -0.05) is 0 Å². The highest BCUT2D eigenvalue weighted by Gasteiger charge is 2.33. The number of nitrogens with zero attached hydrogens (tertiary/aromatic N) is 2. The average Bonchev–Trinajstić information content (AvgIpc) is 2.81. The van der Waals surface area contributed by atoms with Crippen LogP contribution in [0.2, 0.25) is 0 Å². The molecule has 1 aliphatic rings. The van der Waals surface area contributed by atoms with Gasteiger partial charge in [-0.05, 0) is 33.6 Å². The molecule has 1 saturated heterocycles. The van der Waals surface area contributed by atoms with Crippen LogP contribution in [0.5, 0.6) is 0 Å². The molecule has 1 N–H and O–H groups in total. The second-order valence-electron chi connectivity index (χ2n) is 5.76. The van der Waals surface area contributed by atoms with Gasteiger partial charge in [0.25, 0.3) is 0 Å². The Balaban J connectivity index is 2.10. The smallest absolute Gasteiger partial charge is 0.410 e. The zero-order valence-corrected chi connectivity index (χ0v) is 11.5. The monoisotopic (exact) mass is 249 g/mol. The number of likely N-dealkylation sites (tertiary alicyclic amines) is 1. The number of carbonyl (C=O) groups excluding carboxylic acids is 1. The first kappa shape index (κ1) is 13.0. The van der Waals surface area contributed by atoms with Crippen LogP contribution in [0, 0.1) is 0 Å². The summed E-state index contributed by atoms with van der Waals surface area (Å²) in [5.74, 6) is 0. The van der Waals surface area contributed by atoms with Crippen LogP contribution in [0.3, 0.4) is 0 Å². The number of aromatic amines is 1. The van der Waals surface area contributed by atoms with E-state index in [2.05, 4.69) is 9.97 Å². The lowest BCUT2D eigenvalue weighted by Gasteiger charge is -2.28. The fourth-order valence-electron chi connectivity index (χ4n) is 2.24. The Kier molecular flexibility index (Phi) is 3.37. The lowest BCUT2D eigenvalue weighted by atomic mass is 10.1. The van der Waals surface area contributed by atoms with Gasteiger partial charge in [-0.25, -0.2) is 4.79 Å². The maximum Gasteiger partial charge on any atom is 0.410 e. The third-order valence-corrected chi connectivity index (χ3v) is 2.96. The van der Waals surface area contributed by atoms with Gasteiger partial charge in [-0.2, -0.15) is 0 Å². The van der Waals surface area contributed by atoms with Crippen molar-refractivity contribution in [2.24, 2.45) is 0 Å². The van der Waals surface area contributed by atoms with Gasteiger partial charge in [0.05, 0.1) is 17.5 Å². The predicted octanol–water partition coefficient (Wildman–Crippen LogP) is 0.740. The van der Waals surface area contributed by atoms with Crippen molar-refractivity contribution in [3.63, 3.8) is 0 Å². The molecule has 0 aromatic carbocycles. The summed E-state index contributed by atoms with van der Waals surface area (Å²) in [7, 11) is 1.91. The van der Waals surface area contributed by atoms with Gasteiger partial charge < -0.3 is 9.72 Å². The van der Waals surface area contributed by atoms with Crippen molar-refractivity contribution >= 4 is 19.7 Å². The Morgan fingerprint density at radius 2 is 2.33 bits per heavy atom. The van der Waals surface area contributed by atoms with Gasteiger partial charge in [0.2, 0.25) is 0 Å². The van der Waals surface area contributed by atoms with Crippen molar-refractivity contribution in [1.82, 2.24) is 14.9 Å².